The molecule has 2 atom stereocenters. The van der Waals surface area contributed by atoms with Crippen LogP contribution < -0.4 is 7.06 Å². The molecule has 3 aliphatic rings. The summed E-state index contributed by atoms with van der Waals surface area (Å²) >= 11 is -1.39. The zero-order chi connectivity index (χ0) is 16.6. The third kappa shape index (κ3) is 2.34. The van der Waals surface area contributed by atoms with E-state index in [-0.39, 0.29) is 16.7 Å². The Morgan fingerprint density at radius 2 is 1.91 bits per heavy atom. The first-order valence-electron chi connectivity index (χ1n) is 6.77. The summed E-state index contributed by atoms with van der Waals surface area (Å²) in [6, 6.07) is 0. The van der Waals surface area contributed by atoms with Crippen LogP contribution in [-0.2, 0) is 14.3 Å². The van der Waals surface area contributed by atoms with Gasteiger partial charge in [-0.05, 0) is 0 Å². The number of hydrogen-bond acceptors (Lipinski definition) is 6. The number of carbonyl (C=O) groups excluding carboxylic acids is 1. The second-order valence-corrected chi connectivity index (χ2v) is 11.0. The molecular formula is C12H18F3IN2O4. The van der Waals surface area contributed by atoms with Gasteiger partial charge in [0, 0.05) is 0 Å². The van der Waals surface area contributed by atoms with Crippen molar-refractivity contribution in [2.24, 2.45) is 5.41 Å². The van der Waals surface area contributed by atoms with Crippen molar-refractivity contribution in [3.05, 3.63) is 0 Å². The van der Waals surface area contributed by atoms with Gasteiger partial charge in [-0.1, -0.05) is 0 Å². The Morgan fingerprint density at radius 3 is 2.36 bits per heavy atom. The first-order valence-corrected chi connectivity index (χ1v) is 10.0. The van der Waals surface area contributed by atoms with E-state index in [1.807, 2.05) is 0 Å². The normalized spacial score (nSPS) is 38.2. The minimum absolute atomic E-state index is 0.101. The average molecular weight is 438 g/mol. The number of carbonyl (C=O) groups is 1. The molecule has 3 heterocycles. The van der Waals surface area contributed by atoms with E-state index >= 15 is 0 Å². The third-order valence-corrected chi connectivity index (χ3v) is 9.52. The summed E-state index contributed by atoms with van der Waals surface area (Å²) in [5.41, 5.74) is -2.27. The van der Waals surface area contributed by atoms with E-state index in [4.69, 9.17) is 4.74 Å². The van der Waals surface area contributed by atoms with Gasteiger partial charge in [0.1, 0.15) is 0 Å². The second-order valence-electron chi connectivity index (χ2n) is 6.65. The fourth-order valence-corrected chi connectivity index (χ4v) is 8.11. The first-order chi connectivity index (χ1) is 9.85. The number of fused-ring (bicyclic) bond motifs is 1. The summed E-state index contributed by atoms with van der Waals surface area (Å²) < 4.78 is 54.7. The van der Waals surface area contributed by atoms with E-state index in [1.165, 1.54) is 6.92 Å². The van der Waals surface area contributed by atoms with Crippen molar-refractivity contribution in [3.63, 3.8) is 0 Å². The van der Waals surface area contributed by atoms with E-state index in [0.717, 1.165) is 0 Å². The zero-order valence-corrected chi connectivity index (χ0v) is 14.5. The summed E-state index contributed by atoms with van der Waals surface area (Å²) in [4.78, 5) is 12.4. The summed E-state index contributed by atoms with van der Waals surface area (Å²) in [5, 5.41) is 9.68. The number of esters is 1. The van der Waals surface area contributed by atoms with Crippen molar-refractivity contribution in [2.45, 2.75) is 54.8 Å². The molecule has 0 aromatic carbocycles. The molecule has 0 spiro atoms. The van der Waals surface area contributed by atoms with Gasteiger partial charge in [-0.15, -0.1) is 0 Å². The van der Waals surface area contributed by atoms with E-state index in [1.54, 1.807) is 13.8 Å². The van der Waals surface area contributed by atoms with Crippen LogP contribution in [0.2, 0.25) is 0 Å². The molecule has 3 aliphatic heterocycles. The Kier molecular flexibility index (Phi) is 3.39. The topological polar surface area (TPSA) is 99.6 Å². The number of aliphatic hydroxyl groups is 1. The van der Waals surface area contributed by atoms with Crippen LogP contribution in [0.5, 0.6) is 0 Å². The standard InChI is InChI=1S/C12H18F3IN2O4/c1-8(2,12-16(17-12)18-12)7(19)22-9(3)4-5-21-10(20,6-9)11(13,14)15/h17-18,20H,4-6H2,1-3H3. The van der Waals surface area contributed by atoms with Gasteiger partial charge in [0.05, 0.1) is 0 Å². The summed E-state index contributed by atoms with van der Waals surface area (Å²) in [6.45, 7) is 4.48. The quantitative estimate of drug-likeness (QED) is 0.155. The van der Waals surface area contributed by atoms with Gasteiger partial charge in [0.15, 0.2) is 0 Å². The molecule has 0 aromatic rings. The van der Waals surface area contributed by atoms with Crippen molar-refractivity contribution < 1.29 is 32.5 Å². The SMILES string of the molecule is CC1(OC(=O)C(C)(C)C23NI2N3)CCOC(O)(C(F)(F)F)C1. The summed E-state index contributed by atoms with van der Waals surface area (Å²) in [6.07, 6.45) is -5.67. The molecule has 0 amide bonds. The Labute approximate surface area is 133 Å². The van der Waals surface area contributed by atoms with Crippen LogP contribution in [0.15, 0.2) is 0 Å². The number of alkyl halides is 4. The molecule has 3 fully saturated rings. The molecule has 3 saturated heterocycles. The van der Waals surface area contributed by atoms with Crippen LogP contribution >= 0.6 is 20.4 Å². The molecule has 3 rings (SSSR count). The van der Waals surface area contributed by atoms with Crippen LogP contribution in [0.3, 0.4) is 0 Å². The van der Waals surface area contributed by atoms with E-state index in [9.17, 15) is 23.1 Å². The molecule has 0 saturated carbocycles. The molecule has 10 heteroatoms. The van der Waals surface area contributed by atoms with Crippen LogP contribution in [-0.4, -0.2) is 38.9 Å². The molecule has 2 unspecified atom stereocenters. The Hall–Kier alpha value is -0.170. The van der Waals surface area contributed by atoms with E-state index in [2.05, 4.69) is 11.8 Å². The first kappa shape index (κ1) is 16.7. The predicted molar refractivity (Wildman–Crippen MR) is 77.5 cm³/mol. The number of hydrogen-bond donors (Lipinski definition) is 3. The number of rotatable bonds is 3. The van der Waals surface area contributed by atoms with Crippen molar-refractivity contribution in [1.82, 2.24) is 7.06 Å². The number of ether oxygens (including phenoxy) is 2. The molecule has 128 valence electrons. The molecule has 0 radical (unpaired) electrons. The molecule has 3 N–H and O–H groups in total. The van der Waals surface area contributed by atoms with Gasteiger partial charge in [0.2, 0.25) is 0 Å². The average Bonchev–Trinajstić information content (AvgIpc) is 3.13. The van der Waals surface area contributed by atoms with Gasteiger partial charge in [0.25, 0.3) is 0 Å². The van der Waals surface area contributed by atoms with Crippen molar-refractivity contribution in [2.75, 3.05) is 6.61 Å². The Morgan fingerprint density at radius 1 is 1.36 bits per heavy atom. The zero-order valence-electron chi connectivity index (χ0n) is 12.3. The van der Waals surface area contributed by atoms with E-state index in [0.29, 0.717) is 0 Å². The summed E-state index contributed by atoms with van der Waals surface area (Å²) in [7, 11) is 0. The molecule has 0 aliphatic carbocycles. The van der Waals surface area contributed by atoms with Crippen LogP contribution in [0.4, 0.5) is 13.2 Å². The maximum atomic E-state index is 12.9. The molecule has 6 nitrogen and oxygen atoms in total. The van der Waals surface area contributed by atoms with Gasteiger partial charge < -0.3 is 0 Å². The number of halogens is 4. The maximum absolute atomic E-state index is 12.9. The Bertz CT molecular complexity index is 523. The van der Waals surface area contributed by atoms with Crippen LogP contribution in [0.25, 0.3) is 0 Å². The third-order valence-electron chi connectivity index (χ3n) is 4.40. The van der Waals surface area contributed by atoms with Crippen LogP contribution in [0.1, 0.15) is 33.6 Å². The van der Waals surface area contributed by atoms with Crippen molar-refractivity contribution in [1.29, 1.82) is 0 Å². The van der Waals surface area contributed by atoms with Gasteiger partial charge in [-0.3, -0.25) is 0 Å². The van der Waals surface area contributed by atoms with Gasteiger partial charge in [-0.25, -0.2) is 0 Å². The fourth-order valence-electron chi connectivity index (χ4n) is 2.54. The number of nitrogens with one attached hydrogen (secondary N) is 2. The van der Waals surface area contributed by atoms with Gasteiger partial charge in [-0.2, -0.15) is 0 Å². The molecule has 0 aromatic heterocycles. The fraction of sp³-hybridized carbons (Fsp3) is 0.917. The summed E-state index contributed by atoms with van der Waals surface area (Å²) in [5.74, 6) is -3.85. The van der Waals surface area contributed by atoms with Crippen molar-refractivity contribution in [3.8, 4) is 0 Å². The van der Waals surface area contributed by atoms with Crippen molar-refractivity contribution >= 4 is 26.3 Å². The minimum atomic E-state index is -4.94. The molecular weight excluding hydrogens is 420 g/mol. The Balaban J connectivity index is 1.72. The van der Waals surface area contributed by atoms with E-state index < -0.39 is 55.7 Å². The molecule has 0 bridgehead atoms. The monoisotopic (exact) mass is 438 g/mol. The van der Waals surface area contributed by atoms with Gasteiger partial charge >= 0.3 is 133 Å². The molecule has 22 heavy (non-hydrogen) atoms. The predicted octanol–water partition coefficient (Wildman–Crippen LogP) is 1.57. The second kappa shape index (κ2) is 4.47. The van der Waals surface area contributed by atoms with Crippen LogP contribution in [0, 0.1) is 5.41 Å².